The fraction of sp³-hybridized carbons (Fsp3) is 0.417. The van der Waals surface area contributed by atoms with Crippen LogP contribution in [0.3, 0.4) is 0 Å². The second kappa shape index (κ2) is 7.52. The van der Waals surface area contributed by atoms with Crippen molar-refractivity contribution in [1.82, 2.24) is 19.5 Å². The van der Waals surface area contributed by atoms with Gasteiger partial charge in [0.25, 0.3) is 0 Å². The second-order valence-corrected chi connectivity index (χ2v) is 8.40. The molecule has 0 radical (unpaired) electrons. The largest absolute Gasteiger partial charge is 0.460 e. The minimum absolute atomic E-state index is 0.557. The molecule has 2 aliphatic rings. The molecule has 2 aliphatic heterocycles. The molecule has 0 bridgehead atoms. The third-order valence-corrected chi connectivity index (χ3v) is 6.41. The van der Waals surface area contributed by atoms with Crippen LogP contribution in [0.25, 0.3) is 17.2 Å². The third kappa shape index (κ3) is 3.40. The maximum absolute atomic E-state index is 10.7. The number of nitrogens with zero attached hydrogens (tertiary/aromatic N) is 4. The van der Waals surface area contributed by atoms with Crippen molar-refractivity contribution in [2.45, 2.75) is 45.8 Å². The van der Waals surface area contributed by atoms with Gasteiger partial charge in [0.2, 0.25) is 6.29 Å². The zero-order valence-electron chi connectivity index (χ0n) is 17.8. The lowest BCUT2D eigenvalue weighted by atomic mass is 9.88. The Morgan fingerprint density at radius 1 is 1.17 bits per heavy atom. The van der Waals surface area contributed by atoms with Crippen molar-refractivity contribution in [3.63, 3.8) is 0 Å². The van der Waals surface area contributed by atoms with Crippen molar-refractivity contribution in [2.24, 2.45) is 0 Å². The first-order chi connectivity index (χ1) is 14.5. The molecule has 1 saturated heterocycles. The normalized spacial score (nSPS) is 20.1. The number of benzene rings is 1. The van der Waals surface area contributed by atoms with Gasteiger partial charge in [-0.25, -0.2) is 4.52 Å². The molecule has 3 aromatic rings. The molecule has 1 atom stereocenters. The maximum atomic E-state index is 10.7. The Balaban J connectivity index is 1.45. The number of fused-ring (bicyclic) bond motifs is 2. The van der Waals surface area contributed by atoms with Gasteiger partial charge in [0.15, 0.2) is 0 Å². The van der Waals surface area contributed by atoms with Gasteiger partial charge in [-0.05, 0) is 76.0 Å². The summed E-state index contributed by atoms with van der Waals surface area (Å²) in [6.45, 7) is 9.56. The van der Waals surface area contributed by atoms with Gasteiger partial charge in [0, 0.05) is 11.1 Å². The van der Waals surface area contributed by atoms with E-state index in [1.54, 1.807) is 0 Å². The second-order valence-electron chi connectivity index (χ2n) is 8.40. The van der Waals surface area contributed by atoms with E-state index < -0.39 is 6.29 Å². The van der Waals surface area contributed by atoms with Crippen molar-refractivity contribution >= 4 is 17.2 Å². The van der Waals surface area contributed by atoms with Gasteiger partial charge in [-0.2, -0.15) is 5.10 Å². The highest BCUT2D eigenvalue weighted by atomic mass is 16.6. The number of aryl methyl sites for hydroxylation is 2. The summed E-state index contributed by atoms with van der Waals surface area (Å²) >= 11 is 0. The Morgan fingerprint density at radius 2 is 1.97 bits per heavy atom. The number of likely N-dealkylation sites (tertiary alicyclic amines) is 1. The number of aliphatic hydroxyl groups is 1. The van der Waals surface area contributed by atoms with E-state index >= 15 is 0 Å². The van der Waals surface area contributed by atoms with E-state index in [9.17, 15) is 5.11 Å². The molecule has 1 unspecified atom stereocenters. The number of aliphatic hydroxyl groups excluding tert-OH is 1. The predicted octanol–water partition coefficient (Wildman–Crippen LogP) is 3.80. The van der Waals surface area contributed by atoms with Crippen LogP contribution in [-0.4, -0.2) is 50.5 Å². The molecular weight excluding hydrogens is 376 g/mol. The summed E-state index contributed by atoms with van der Waals surface area (Å²) in [5.74, 6) is 1.31. The number of ether oxygens (including phenoxy) is 1. The van der Waals surface area contributed by atoms with Crippen molar-refractivity contribution in [3.05, 3.63) is 58.7 Å². The van der Waals surface area contributed by atoms with Crippen molar-refractivity contribution in [1.29, 1.82) is 0 Å². The average molecular weight is 405 g/mol. The molecule has 4 heterocycles. The Bertz CT molecular complexity index is 1130. The number of hydrogen-bond donors (Lipinski definition) is 1. The number of aromatic nitrogens is 3. The van der Waals surface area contributed by atoms with Crippen LogP contribution in [0, 0.1) is 13.8 Å². The lowest BCUT2D eigenvalue weighted by molar-refractivity contribution is 0.0316. The van der Waals surface area contributed by atoms with Crippen LogP contribution in [-0.2, 0) is 0 Å². The Morgan fingerprint density at radius 3 is 2.73 bits per heavy atom. The van der Waals surface area contributed by atoms with Gasteiger partial charge in [0.1, 0.15) is 5.75 Å². The summed E-state index contributed by atoms with van der Waals surface area (Å²) in [5.41, 5.74) is 6.42. The minimum atomic E-state index is -1.03. The maximum Gasteiger partial charge on any atom is 0.226 e. The molecule has 2 aromatic heterocycles. The zero-order chi connectivity index (χ0) is 20.8. The third-order valence-electron chi connectivity index (χ3n) is 6.41. The Labute approximate surface area is 176 Å². The van der Waals surface area contributed by atoms with E-state index in [4.69, 9.17) is 4.74 Å². The van der Waals surface area contributed by atoms with Gasteiger partial charge in [-0.15, -0.1) is 0 Å². The first-order valence-corrected chi connectivity index (χ1v) is 10.8. The van der Waals surface area contributed by atoms with E-state index in [0.29, 0.717) is 17.2 Å². The van der Waals surface area contributed by atoms with Gasteiger partial charge in [0.05, 0.1) is 28.8 Å². The van der Waals surface area contributed by atoms with Crippen LogP contribution in [0.4, 0.5) is 0 Å². The summed E-state index contributed by atoms with van der Waals surface area (Å²) in [6, 6.07) is 8.39. The summed E-state index contributed by atoms with van der Waals surface area (Å²) in [4.78, 5) is 7.00. The molecule has 156 valence electrons. The molecule has 0 amide bonds. The topological polar surface area (TPSA) is 62.9 Å². The summed E-state index contributed by atoms with van der Waals surface area (Å²) < 4.78 is 7.76. The first-order valence-electron chi connectivity index (χ1n) is 10.8. The molecule has 5 rings (SSSR count). The fourth-order valence-corrected chi connectivity index (χ4v) is 4.66. The number of hydrogen-bond acceptors (Lipinski definition) is 5. The highest BCUT2D eigenvalue weighted by molar-refractivity contribution is 5.86. The molecule has 0 saturated carbocycles. The van der Waals surface area contributed by atoms with Crippen LogP contribution in [0.5, 0.6) is 5.75 Å². The molecule has 1 aromatic carbocycles. The van der Waals surface area contributed by atoms with E-state index in [-0.39, 0.29) is 0 Å². The predicted molar refractivity (Wildman–Crippen MR) is 117 cm³/mol. The number of piperidine rings is 1. The minimum Gasteiger partial charge on any atom is -0.460 e. The van der Waals surface area contributed by atoms with Crippen LogP contribution in [0.15, 0.2) is 30.5 Å². The Hall–Kier alpha value is -2.70. The zero-order valence-corrected chi connectivity index (χ0v) is 17.8. The fourth-order valence-electron chi connectivity index (χ4n) is 4.66. The SMILES string of the molecule is CCN1CCC(c2ccc3c(c2)OC(O)C(c2cc4c(C)nc(C)cn4n2)=C3)CC1. The molecule has 6 nitrogen and oxygen atoms in total. The standard InChI is InChI=1S/C24H28N4O2/c1-4-27-9-7-17(8-10-27)18-5-6-19-11-20(24(29)30-23(19)12-18)21-13-22-16(3)25-15(2)14-28(22)26-21/h5-6,11-14,17,24,29H,4,7-10H2,1-3H3. The van der Waals surface area contributed by atoms with Crippen LogP contribution < -0.4 is 4.74 Å². The molecular formula is C24H28N4O2. The summed E-state index contributed by atoms with van der Waals surface area (Å²) in [5, 5.41) is 15.4. The smallest absolute Gasteiger partial charge is 0.226 e. The van der Waals surface area contributed by atoms with E-state index in [1.807, 2.05) is 36.7 Å². The molecule has 1 fully saturated rings. The van der Waals surface area contributed by atoms with Gasteiger partial charge >= 0.3 is 0 Å². The van der Waals surface area contributed by atoms with Gasteiger partial charge in [-0.3, -0.25) is 4.98 Å². The quantitative estimate of drug-likeness (QED) is 0.720. The number of rotatable bonds is 3. The summed E-state index contributed by atoms with van der Waals surface area (Å²) in [7, 11) is 0. The van der Waals surface area contributed by atoms with Crippen molar-refractivity contribution in [2.75, 3.05) is 19.6 Å². The lowest BCUT2D eigenvalue weighted by Gasteiger charge is -2.32. The summed E-state index contributed by atoms with van der Waals surface area (Å²) in [6.07, 6.45) is 5.19. The molecule has 0 spiro atoms. The van der Waals surface area contributed by atoms with Crippen molar-refractivity contribution in [3.8, 4) is 5.75 Å². The van der Waals surface area contributed by atoms with Crippen molar-refractivity contribution < 1.29 is 9.84 Å². The van der Waals surface area contributed by atoms with Crippen LogP contribution >= 0.6 is 0 Å². The lowest BCUT2D eigenvalue weighted by Crippen LogP contribution is -2.32. The van der Waals surface area contributed by atoms with E-state index in [1.165, 1.54) is 18.4 Å². The van der Waals surface area contributed by atoms with Gasteiger partial charge < -0.3 is 14.7 Å². The highest BCUT2D eigenvalue weighted by Crippen LogP contribution is 2.37. The molecule has 1 N–H and O–H groups in total. The monoisotopic (exact) mass is 404 g/mol. The van der Waals surface area contributed by atoms with E-state index in [0.717, 1.165) is 47.9 Å². The average Bonchev–Trinajstić information content (AvgIpc) is 3.17. The Kier molecular flexibility index (Phi) is 4.83. The molecule has 0 aliphatic carbocycles. The first kappa shape index (κ1) is 19.3. The van der Waals surface area contributed by atoms with Gasteiger partial charge in [-0.1, -0.05) is 19.1 Å². The van der Waals surface area contributed by atoms with Crippen LogP contribution in [0.1, 0.15) is 53.9 Å². The van der Waals surface area contributed by atoms with E-state index in [2.05, 4.69) is 40.1 Å². The highest BCUT2D eigenvalue weighted by Gasteiger charge is 2.26. The van der Waals surface area contributed by atoms with Crippen LogP contribution in [0.2, 0.25) is 0 Å². The molecule has 6 heteroatoms. The molecule has 30 heavy (non-hydrogen) atoms.